The van der Waals surface area contributed by atoms with Gasteiger partial charge in [-0.15, -0.1) is 0 Å². The summed E-state index contributed by atoms with van der Waals surface area (Å²) in [6.07, 6.45) is 7.74. The third-order valence-corrected chi connectivity index (χ3v) is 8.71. The maximum atomic E-state index is 5.60. The molecule has 1 fully saturated rings. The van der Waals surface area contributed by atoms with Gasteiger partial charge in [0.2, 0.25) is 5.95 Å². The van der Waals surface area contributed by atoms with Gasteiger partial charge in [-0.1, -0.05) is 24.3 Å². The molecule has 4 heterocycles. The van der Waals surface area contributed by atoms with Gasteiger partial charge in [-0.25, -0.2) is 9.67 Å². The number of rotatable bonds is 7. The molecule has 1 unspecified atom stereocenters. The first kappa shape index (κ1) is 26.4. The molecule has 1 aliphatic carbocycles. The lowest BCUT2D eigenvalue weighted by Gasteiger charge is -2.36. The van der Waals surface area contributed by atoms with Gasteiger partial charge in [0.25, 0.3) is 0 Å². The number of aryl methyl sites for hydroxylation is 2. The van der Waals surface area contributed by atoms with Crippen LogP contribution in [0.2, 0.25) is 0 Å². The van der Waals surface area contributed by atoms with E-state index in [1.54, 1.807) is 7.11 Å². The Kier molecular flexibility index (Phi) is 6.95. The molecule has 9 heteroatoms. The number of hydrogen-bond donors (Lipinski definition) is 1. The molecule has 1 saturated heterocycles. The SMILES string of the molecule is COc1c(C)cnc(CN2CCN(c3ccc(Nc4ncc5cnn(C6CCc7ccccc76)c5n4)cc3)CC2)c1C. The van der Waals surface area contributed by atoms with Crippen LogP contribution >= 0.6 is 0 Å². The number of nitrogens with one attached hydrogen (secondary N) is 1. The Bertz CT molecular complexity index is 1720. The van der Waals surface area contributed by atoms with Crippen molar-refractivity contribution in [3.05, 3.63) is 95.1 Å². The van der Waals surface area contributed by atoms with Crippen LogP contribution < -0.4 is 15.0 Å². The highest BCUT2D eigenvalue weighted by Gasteiger charge is 2.26. The Balaban J connectivity index is 0.996. The van der Waals surface area contributed by atoms with Gasteiger partial charge in [0, 0.05) is 67.6 Å². The van der Waals surface area contributed by atoms with E-state index in [1.165, 1.54) is 16.8 Å². The van der Waals surface area contributed by atoms with Crippen LogP contribution in [0.3, 0.4) is 0 Å². The van der Waals surface area contributed by atoms with Crippen molar-refractivity contribution in [2.45, 2.75) is 39.3 Å². The average Bonchev–Trinajstić information content (AvgIpc) is 3.63. The van der Waals surface area contributed by atoms with Crippen LogP contribution in [-0.2, 0) is 13.0 Å². The van der Waals surface area contributed by atoms with Gasteiger partial charge < -0.3 is 15.0 Å². The molecular formula is C33H36N8O. The third kappa shape index (κ3) is 4.94. The molecule has 9 nitrogen and oxygen atoms in total. The summed E-state index contributed by atoms with van der Waals surface area (Å²) < 4.78 is 7.66. The highest BCUT2D eigenvalue weighted by molar-refractivity contribution is 5.75. The van der Waals surface area contributed by atoms with Gasteiger partial charge in [-0.2, -0.15) is 10.1 Å². The highest BCUT2D eigenvalue weighted by Crippen LogP contribution is 2.35. The molecule has 7 rings (SSSR count). The molecule has 3 aromatic heterocycles. The Morgan fingerprint density at radius 3 is 2.55 bits per heavy atom. The lowest BCUT2D eigenvalue weighted by molar-refractivity contribution is 0.246. The van der Waals surface area contributed by atoms with Crippen molar-refractivity contribution in [1.29, 1.82) is 0 Å². The summed E-state index contributed by atoms with van der Waals surface area (Å²) in [6.45, 7) is 8.92. The molecule has 2 aliphatic rings. The minimum Gasteiger partial charge on any atom is -0.496 e. The monoisotopic (exact) mass is 560 g/mol. The summed E-state index contributed by atoms with van der Waals surface area (Å²) >= 11 is 0. The Morgan fingerprint density at radius 1 is 0.929 bits per heavy atom. The number of methoxy groups -OCH3 is 1. The van der Waals surface area contributed by atoms with Crippen molar-refractivity contribution in [2.75, 3.05) is 43.5 Å². The lowest BCUT2D eigenvalue weighted by atomic mass is 10.1. The van der Waals surface area contributed by atoms with Gasteiger partial charge in [0.15, 0.2) is 5.65 Å². The van der Waals surface area contributed by atoms with E-state index in [-0.39, 0.29) is 6.04 Å². The van der Waals surface area contributed by atoms with E-state index in [0.717, 1.165) is 84.9 Å². The van der Waals surface area contributed by atoms with Crippen molar-refractivity contribution in [3.8, 4) is 5.75 Å². The zero-order valence-corrected chi connectivity index (χ0v) is 24.4. The predicted octanol–water partition coefficient (Wildman–Crippen LogP) is 5.45. The van der Waals surface area contributed by atoms with Crippen molar-refractivity contribution in [3.63, 3.8) is 0 Å². The Labute approximate surface area is 246 Å². The van der Waals surface area contributed by atoms with E-state index >= 15 is 0 Å². The van der Waals surface area contributed by atoms with Crippen LogP contribution in [-0.4, -0.2) is 62.9 Å². The standard InChI is InChI=1S/C33H36N8O/c1-22-18-34-29(23(2)31(22)42-3)21-39-14-16-40(17-15-39)27-11-9-26(10-12-27)37-33-35-19-25-20-36-41(32(25)38-33)30-13-8-24-6-4-5-7-28(24)30/h4-7,9-12,18-20,30H,8,13-17,21H2,1-3H3,(H,35,37,38). The fraction of sp³-hybridized carbons (Fsp3) is 0.333. The average molecular weight is 561 g/mol. The van der Waals surface area contributed by atoms with Crippen LogP contribution in [0.15, 0.2) is 67.1 Å². The second-order valence-electron chi connectivity index (χ2n) is 11.3. The molecule has 0 amide bonds. The minimum absolute atomic E-state index is 0.209. The second kappa shape index (κ2) is 11.1. The van der Waals surface area contributed by atoms with Gasteiger partial charge >= 0.3 is 0 Å². The van der Waals surface area contributed by atoms with Crippen molar-refractivity contribution < 1.29 is 4.74 Å². The summed E-state index contributed by atoms with van der Waals surface area (Å²) in [5.41, 5.74) is 9.10. The molecule has 214 valence electrons. The number of nitrogens with zero attached hydrogens (tertiary/aromatic N) is 7. The van der Waals surface area contributed by atoms with E-state index in [2.05, 4.69) is 80.2 Å². The molecule has 1 N–H and O–H groups in total. The Hall–Kier alpha value is -4.50. The molecule has 2 aromatic carbocycles. The van der Waals surface area contributed by atoms with Crippen molar-refractivity contribution in [2.24, 2.45) is 0 Å². The smallest absolute Gasteiger partial charge is 0.229 e. The Morgan fingerprint density at radius 2 is 1.74 bits per heavy atom. The largest absolute Gasteiger partial charge is 0.496 e. The zero-order valence-electron chi connectivity index (χ0n) is 24.4. The lowest BCUT2D eigenvalue weighted by Crippen LogP contribution is -2.46. The van der Waals surface area contributed by atoms with Crippen LogP contribution in [0.25, 0.3) is 11.0 Å². The molecule has 1 aliphatic heterocycles. The maximum absolute atomic E-state index is 5.60. The molecule has 0 radical (unpaired) electrons. The fourth-order valence-corrected chi connectivity index (χ4v) is 6.40. The summed E-state index contributed by atoms with van der Waals surface area (Å²) in [4.78, 5) is 19.0. The van der Waals surface area contributed by atoms with E-state index < -0.39 is 0 Å². The summed E-state index contributed by atoms with van der Waals surface area (Å²) in [7, 11) is 1.73. The van der Waals surface area contributed by atoms with E-state index in [4.69, 9.17) is 19.8 Å². The number of piperazine rings is 1. The number of aromatic nitrogens is 5. The summed E-state index contributed by atoms with van der Waals surface area (Å²) in [5, 5.41) is 9.05. The highest BCUT2D eigenvalue weighted by atomic mass is 16.5. The van der Waals surface area contributed by atoms with Crippen molar-refractivity contribution >= 4 is 28.4 Å². The third-order valence-electron chi connectivity index (χ3n) is 8.71. The molecule has 1 atom stereocenters. The van der Waals surface area contributed by atoms with Crippen molar-refractivity contribution in [1.82, 2.24) is 29.6 Å². The number of benzene rings is 2. The quantitative estimate of drug-likeness (QED) is 0.281. The molecule has 0 spiro atoms. The van der Waals surface area contributed by atoms with Crippen LogP contribution in [0.5, 0.6) is 5.75 Å². The summed E-state index contributed by atoms with van der Waals surface area (Å²) in [5.74, 6) is 1.52. The van der Waals surface area contributed by atoms with Gasteiger partial charge in [0.05, 0.1) is 30.4 Å². The summed E-state index contributed by atoms with van der Waals surface area (Å²) in [6, 6.07) is 17.4. The van der Waals surface area contributed by atoms with Gasteiger partial charge in [-0.3, -0.25) is 9.88 Å². The number of anilines is 3. The maximum Gasteiger partial charge on any atom is 0.229 e. The number of fused-ring (bicyclic) bond motifs is 2. The first-order valence-electron chi connectivity index (χ1n) is 14.7. The second-order valence-corrected chi connectivity index (χ2v) is 11.3. The van der Waals surface area contributed by atoms with E-state index in [0.29, 0.717) is 5.95 Å². The number of ether oxygens (including phenoxy) is 1. The molecule has 42 heavy (non-hydrogen) atoms. The van der Waals surface area contributed by atoms with Crippen LogP contribution in [0.1, 0.15) is 40.4 Å². The fourth-order valence-electron chi connectivity index (χ4n) is 6.40. The number of pyridine rings is 1. The van der Waals surface area contributed by atoms with Gasteiger partial charge in [0.1, 0.15) is 5.75 Å². The molecule has 0 saturated carbocycles. The zero-order chi connectivity index (χ0) is 28.6. The minimum atomic E-state index is 0.209. The molecular weight excluding hydrogens is 524 g/mol. The predicted molar refractivity (Wildman–Crippen MR) is 166 cm³/mol. The first-order valence-corrected chi connectivity index (χ1v) is 14.7. The van der Waals surface area contributed by atoms with Crippen LogP contribution in [0, 0.1) is 13.8 Å². The first-order chi connectivity index (χ1) is 20.6. The van der Waals surface area contributed by atoms with Gasteiger partial charge in [-0.05, 0) is 62.1 Å². The molecule has 0 bridgehead atoms. The number of hydrogen-bond acceptors (Lipinski definition) is 8. The normalized spacial score (nSPS) is 17.0. The molecule has 5 aromatic rings. The van der Waals surface area contributed by atoms with E-state index in [9.17, 15) is 0 Å². The van der Waals surface area contributed by atoms with E-state index in [1.807, 2.05) is 25.5 Å². The van der Waals surface area contributed by atoms with Crippen LogP contribution in [0.4, 0.5) is 17.3 Å². The topological polar surface area (TPSA) is 84.2 Å².